The third kappa shape index (κ3) is 5.21. The van der Waals surface area contributed by atoms with Gasteiger partial charge in [-0.15, -0.1) is 0 Å². The first kappa shape index (κ1) is 20.0. The summed E-state index contributed by atoms with van der Waals surface area (Å²) < 4.78 is 24.9. The maximum Gasteiger partial charge on any atom is 0.161 e. The van der Waals surface area contributed by atoms with Crippen LogP contribution in [0.3, 0.4) is 0 Å². The SMILES string of the molecule is COc1ccc([C@H]2CNC[C@@H](CNc3ccc(F)cc3)C2)cc1OC1CCCC1. The van der Waals surface area contributed by atoms with Crippen molar-refractivity contribution in [2.45, 2.75) is 44.1 Å². The van der Waals surface area contributed by atoms with Gasteiger partial charge in [0, 0.05) is 18.8 Å². The van der Waals surface area contributed by atoms with Crippen LogP contribution in [0, 0.1) is 11.7 Å². The molecule has 156 valence electrons. The molecule has 0 bridgehead atoms. The van der Waals surface area contributed by atoms with Crippen molar-refractivity contribution in [3.8, 4) is 11.5 Å². The van der Waals surface area contributed by atoms with E-state index in [0.29, 0.717) is 17.9 Å². The van der Waals surface area contributed by atoms with Crippen molar-refractivity contribution < 1.29 is 13.9 Å². The van der Waals surface area contributed by atoms with E-state index < -0.39 is 0 Å². The number of anilines is 1. The molecule has 1 heterocycles. The maximum absolute atomic E-state index is 13.1. The first-order chi connectivity index (χ1) is 14.2. The van der Waals surface area contributed by atoms with Gasteiger partial charge in [0.1, 0.15) is 5.82 Å². The Bertz CT molecular complexity index is 790. The molecule has 0 unspecified atom stereocenters. The van der Waals surface area contributed by atoms with Gasteiger partial charge >= 0.3 is 0 Å². The molecule has 2 fully saturated rings. The van der Waals surface area contributed by atoms with Crippen molar-refractivity contribution in [3.63, 3.8) is 0 Å². The zero-order valence-electron chi connectivity index (χ0n) is 17.1. The maximum atomic E-state index is 13.1. The number of piperidine rings is 1. The van der Waals surface area contributed by atoms with Crippen LogP contribution >= 0.6 is 0 Å². The van der Waals surface area contributed by atoms with Crippen LogP contribution in [0.2, 0.25) is 0 Å². The van der Waals surface area contributed by atoms with E-state index >= 15 is 0 Å². The van der Waals surface area contributed by atoms with Gasteiger partial charge in [0.05, 0.1) is 13.2 Å². The highest BCUT2D eigenvalue weighted by Crippen LogP contribution is 2.36. The van der Waals surface area contributed by atoms with E-state index in [4.69, 9.17) is 9.47 Å². The average Bonchev–Trinajstić information content (AvgIpc) is 3.27. The molecule has 2 atom stereocenters. The second-order valence-corrected chi connectivity index (χ2v) is 8.28. The highest BCUT2D eigenvalue weighted by atomic mass is 19.1. The fourth-order valence-electron chi connectivity index (χ4n) is 4.50. The zero-order valence-corrected chi connectivity index (χ0v) is 17.1. The molecule has 2 N–H and O–H groups in total. The molecule has 0 amide bonds. The molecule has 1 aliphatic heterocycles. The van der Waals surface area contributed by atoms with E-state index in [0.717, 1.165) is 56.1 Å². The van der Waals surface area contributed by atoms with Gasteiger partial charge in [-0.05, 0) is 92.4 Å². The summed E-state index contributed by atoms with van der Waals surface area (Å²) in [6, 6.07) is 13.0. The minimum Gasteiger partial charge on any atom is -0.493 e. The third-order valence-electron chi connectivity index (χ3n) is 6.14. The Morgan fingerprint density at radius 2 is 1.83 bits per heavy atom. The Balaban J connectivity index is 1.39. The van der Waals surface area contributed by atoms with Gasteiger partial charge < -0.3 is 20.1 Å². The van der Waals surface area contributed by atoms with Crippen LogP contribution < -0.4 is 20.1 Å². The van der Waals surface area contributed by atoms with E-state index in [1.165, 1.54) is 30.5 Å². The van der Waals surface area contributed by atoms with E-state index in [1.54, 1.807) is 19.2 Å². The van der Waals surface area contributed by atoms with Crippen LogP contribution in [0.4, 0.5) is 10.1 Å². The van der Waals surface area contributed by atoms with Gasteiger partial charge in [0.15, 0.2) is 11.5 Å². The summed E-state index contributed by atoms with van der Waals surface area (Å²) in [5.74, 6) is 2.45. The monoisotopic (exact) mass is 398 g/mol. The van der Waals surface area contributed by atoms with Gasteiger partial charge in [0.25, 0.3) is 0 Å². The van der Waals surface area contributed by atoms with Crippen molar-refractivity contribution in [3.05, 3.63) is 53.8 Å². The minimum absolute atomic E-state index is 0.204. The predicted octanol–water partition coefficient (Wildman–Crippen LogP) is 4.96. The number of nitrogens with one attached hydrogen (secondary N) is 2. The van der Waals surface area contributed by atoms with Gasteiger partial charge in [0.2, 0.25) is 0 Å². The molecule has 1 saturated carbocycles. The van der Waals surface area contributed by atoms with Gasteiger partial charge in [-0.2, -0.15) is 0 Å². The fourth-order valence-corrected chi connectivity index (χ4v) is 4.50. The van der Waals surface area contributed by atoms with Crippen LogP contribution in [0.1, 0.15) is 43.6 Å². The lowest BCUT2D eigenvalue weighted by Gasteiger charge is -2.31. The van der Waals surface area contributed by atoms with Crippen LogP contribution in [-0.4, -0.2) is 32.8 Å². The quantitative estimate of drug-likeness (QED) is 0.692. The lowest BCUT2D eigenvalue weighted by atomic mass is 9.85. The first-order valence-corrected chi connectivity index (χ1v) is 10.8. The van der Waals surface area contributed by atoms with E-state index in [2.05, 4.69) is 22.8 Å². The Kier molecular flexibility index (Phi) is 6.55. The molecule has 1 saturated heterocycles. The van der Waals surface area contributed by atoms with Crippen molar-refractivity contribution in [1.29, 1.82) is 0 Å². The molecular formula is C24H31FN2O2. The standard InChI is InChI=1S/C24H31FN2O2/c1-28-23-11-6-18(13-24(23)29-22-4-2-3-5-22)19-12-17(14-26-16-19)15-27-21-9-7-20(25)8-10-21/h6-11,13,17,19,22,26-27H,2-5,12,14-16H2,1H3/t17-,19+/m0/s1. The molecule has 29 heavy (non-hydrogen) atoms. The highest BCUT2D eigenvalue weighted by Gasteiger charge is 2.25. The van der Waals surface area contributed by atoms with Crippen molar-refractivity contribution in [2.24, 2.45) is 5.92 Å². The first-order valence-electron chi connectivity index (χ1n) is 10.8. The molecule has 4 nitrogen and oxygen atoms in total. The number of hydrogen-bond acceptors (Lipinski definition) is 4. The number of rotatable bonds is 7. The lowest BCUT2D eigenvalue weighted by molar-refractivity contribution is 0.200. The summed E-state index contributed by atoms with van der Waals surface area (Å²) in [5, 5.41) is 7.02. The van der Waals surface area contributed by atoms with Crippen molar-refractivity contribution >= 4 is 5.69 Å². The van der Waals surface area contributed by atoms with Crippen LogP contribution in [-0.2, 0) is 0 Å². The third-order valence-corrected chi connectivity index (χ3v) is 6.14. The summed E-state index contributed by atoms with van der Waals surface area (Å²) in [5.41, 5.74) is 2.27. The van der Waals surface area contributed by atoms with Gasteiger partial charge in [-0.1, -0.05) is 6.07 Å². The topological polar surface area (TPSA) is 42.5 Å². The largest absolute Gasteiger partial charge is 0.493 e. The summed E-state index contributed by atoms with van der Waals surface area (Å²) in [4.78, 5) is 0. The lowest BCUT2D eigenvalue weighted by Crippen LogP contribution is -2.38. The van der Waals surface area contributed by atoms with Crippen LogP contribution in [0.15, 0.2) is 42.5 Å². The fraction of sp³-hybridized carbons (Fsp3) is 0.500. The van der Waals surface area contributed by atoms with Crippen LogP contribution in [0.5, 0.6) is 11.5 Å². The molecule has 0 spiro atoms. The van der Waals surface area contributed by atoms with Crippen molar-refractivity contribution in [1.82, 2.24) is 5.32 Å². The smallest absolute Gasteiger partial charge is 0.161 e. The zero-order chi connectivity index (χ0) is 20.1. The molecule has 0 radical (unpaired) electrons. The molecule has 1 aliphatic carbocycles. The molecule has 2 aromatic rings. The number of hydrogen-bond donors (Lipinski definition) is 2. The van der Waals surface area contributed by atoms with Gasteiger partial charge in [-0.25, -0.2) is 4.39 Å². The van der Waals surface area contributed by atoms with E-state index in [9.17, 15) is 4.39 Å². The second kappa shape index (κ2) is 9.49. The number of ether oxygens (including phenoxy) is 2. The summed E-state index contributed by atoms with van der Waals surface area (Å²) in [7, 11) is 1.70. The summed E-state index contributed by atoms with van der Waals surface area (Å²) >= 11 is 0. The van der Waals surface area contributed by atoms with E-state index in [-0.39, 0.29) is 5.82 Å². The predicted molar refractivity (Wildman–Crippen MR) is 114 cm³/mol. The minimum atomic E-state index is -0.204. The second-order valence-electron chi connectivity index (χ2n) is 8.28. The number of benzene rings is 2. The molecule has 2 aromatic carbocycles. The molecule has 2 aliphatic rings. The van der Waals surface area contributed by atoms with E-state index in [1.807, 2.05) is 6.07 Å². The Morgan fingerprint density at radius 1 is 1.03 bits per heavy atom. The normalized spacial score (nSPS) is 22.4. The average molecular weight is 399 g/mol. The van der Waals surface area contributed by atoms with Crippen molar-refractivity contribution in [2.75, 3.05) is 32.1 Å². The number of methoxy groups -OCH3 is 1. The molecule has 4 rings (SSSR count). The summed E-state index contributed by atoms with van der Waals surface area (Å²) in [6.07, 6.45) is 6.20. The van der Waals surface area contributed by atoms with Gasteiger partial charge in [-0.3, -0.25) is 0 Å². The Hall–Kier alpha value is -2.27. The molecule has 0 aromatic heterocycles. The summed E-state index contributed by atoms with van der Waals surface area (Å²) in [6.45, 7) is 2.84. The Labute approximate surface area is 172 Å². The molecular weight excluding hydrogens is 367 g/mol. The molecule has 5 heteroatoms. The Morgan fingerprint density at radius 3 is 2.59 bits per heavy atom. The number of halogens is 1. The van der Waals surface area contributed by atoms with Crippen LogP contribution in [0.25, 0.3) is 0 Å². The highest BCUT2D eigenvalue weighted by molar-refractivity contribution is 5.45.